The third-order valence-corrected chi connectivity index (χ3v) is 19.0. The zero-order valence-corrected chi connectivity index (χ0v) is 45.8. The maximum absolute atomic E-state index is 7.13. The summed E-state index contributed by atoms with van der Waals surface area (Å²) in [5, 5.41) is 16.3. The van der Waals surface area contributed by atoms with E-state index in [1.165, 1.54) is 87.6 Å². The number of para-hydroxylation sites is 2. The summed E-state index contributed by atoms with van der Waals surface area (Å²) in [7, 11) is 0. The molecule has 0 aliphatic heterocycles. The number of nitrogens with zero attached hydrogens (tertiary/aromatic N) is 2. The molecule has 386 valence electrons. The van der Waals surface area contributed by atoms with Crippen LogP contribution in [-0.4, -0.2) is 0 Å². The Hall–Kier alpha value is -10.2. The number of hydrogen-bond acceptors (Lipinski definition) is 4. The summed E-state index contributed by atoms with van der Waals surface area (Å²) in [6, 6.07) is 90.0. The largest absolute Gasteiger partial charge is 0.454 e. The van der Waals surface area contributed by atoms with Gasteiger partial charge in [-0.3, -0.25) is 0 Å². The summed E-state index contributed by atoms with van der Waals surface area (Å²) in [5.41, 5.74) is 19.8. The number of anilines is 6. The van der Waals surface area contributed by atoms with Crippen LogP contribution in [0.5, 0.6) is 0 Å². The second-order valence-electron chi connectivity index (χ2n) is 23.9. The van der Waals surface area contributed by atoms with Crippen molar-refractivity contribution in [3.05, 3.63) is 265 Å². The van der Waals surface area contributed by atoms with Crippen molar-refractivity contribution in [1.82, 2.24) is 0 Å². The smallest absolute Gasteiger partial charge is 0.159 e. The van der Waals surface area contributed by atoms with Crippen molar-refractivity contribution in [3.63, 3.8) is 0 Å². The zero-order chi connectivity index (χ0) is 54.3. The van der Waals surface area contributed by atoms with Gasteiger partial charge in [0.1, 0.15) is 11.2 Å². The molecular weight excluding hydrogens is 997 g/mol. The molecule has 2 aromatic heterocycles. The average molecular weight is 1050 g/mol. The Kier molecular flexibility index (Phi) is 9.05. The van der Waals surface area contributed by atoms with Gasteiger partial charge in [-0.25, -0.2) is 0 Å². The van der Waals surface area contributed by atoms with E-state index in [-0.39, 0.29) is 10.8 Å². The van der Waals surface area contributed by atoms with E-state index in [0.717, 1.165) is 88.8 Å². The molecule has 0 unspecified atom stereocenters. The van der Waals surface area contributed by atoms with Crippen molar-refractivity contribution in [3.8, 4) is 22.3 Å². The van der Waals surface area contributed by atoms with Gasteiger partial charge in [0.15, 0.2) is 11.2 Å². The molecule has 82 heavy (non-hydrogen) atoms. The van der Waals surface area contributed by atoms with Gasteiger partial charge in [0.25, 0.3) is 0 Å². The standard InChI is InChI=1S/C78H52N2O2/c1-77(2)61-23-11-9-19-53(61)55-37-33-49(43-63(55)77)79(67-25-13-21-59-73-51-17-7-5-15-45(51)31-41-69(73)81-75(59)67)65-39-29-47-28-36-58-66(40-30-48-27-35-57(65)71(47)72(48)58)80(50-34-38-56-54-20-10-12-24-62(54)78(3,4)64(56)44-50)68-26-14-22-60-74-52-18-8-6-16-46(52)32-42-70(74)82-76(60)68/h5-44H,1-4H3. The lowest BCUT2D eigenvalue weighted by molar-refractivity contribution is 0.660. The summed E-state index contributed by atoms with van der Waals surface area (Å²) < 4.78 is 14.3. The van der Waals surface area contributed by atoms with Gasteiger partial charge in [-0.1, -0.05) is 210 Å². The van der Waals surface area contributed by atoms with E-state index in [0.29, 0.717) is 0 Å². The van der Waals surface area contributed by atoms with E-state index in [2.05, 4.69) is 280 Å². The highest BCUT2D eigenvalue weighted by Gasteiger charge is 2.38. The van der Waals surface area contributed by atoms with Crippen molar-refractivity contribution in [1.29, 1.82) is 0 Å². The van der Waals surface area contributed by atoms with Crippen LogP contribution >= 0.6 is 0 Å². The van der Waals surface area contributed by atoms with Crippen LogP contribution in [0.2, 0.25) is 0 Å². The molecule has 16 aromatic rings. The molecule has 0 saturated carbocycles. The Labute approximate surface area is 473 Å². The van der Waals surface area contributed by atoms with Crippen LogP contribution in [0.25, 0.3) is 120 Å². The van der Waals surface area contributed by atoms with E-state index >= 15 is 0 Å². The second-order valence-corrected chi connectivity index (χ2v) is 23.9. The molecule has 0 N–H and O–H groups in total. The molecule has 18 rings (SSSR count). The molecule has 0 saturated heterocycles. The fraction of sp³-hybridized carbons (Fsp3) is 0.0769. The van der Waals surface area contributed by atoms with E-state index in [4.69, 9.17) is 8.83 Å². The van der Waals surface area contributed by atoms with Crippen LogP contribution in [0.4, 0.5) is 34.1 Å². The Balaban J connectivity index is 0.899. The number of hydrogen-bond donors (Lipinski definition) is 0. The molecule has 0 atom stereocenters. The number of benzene rings is 14. The first kappa shape index (κ1) is 45.7. The Morgan fingerprint density at radius 2 is 0.659 bits per heavy atom. The lowest BCUT2D eigenvalue weighted by Crippen LogP contribution is -2.17. The topological polar surface area (TPSA) is 32.8 Å². The Bertz CT molecular complexity index is 5100. The van der Waals surface area contributed by atoms with Crippen LogP contribution < -0.4 is 9.80 Å². The maximum Gasteiger partial charge on any atom is 0.159 e. The summed E-state index contributed by atoms with van der Waals surface area (Å²) in [6.45, 7) is 9.47. The molecule has 0 amide bonds. The fourth-order valence-corrected chi connectivity index (χ4v) is 15.1. The molecular formula is C78H52N2O2. The van der Waals surface area contributed by atoms with Gasteiger partial charge in [0, 0.05) is 54.5 Å². The second kappa shape index (κ2) is 16.2. The molecule has 0 spiro atoms. The highest BCUT2D eigenvalue weighted by Crippen LogP contribution is 2.56. The SMILES string of the molecule is CC1(C)c2ccccc2-c2ccc(N(c3ccc4ccc5c(N(c6ccc7c(c6)C(C)(C)c6ccccc6-7)c6cccc7c6oc6ccc8ccccc8c67)ccc6ccc3c4c65)c3cccc4c3oc3ccc5ccccc5c34)cc21. The lowest BCUT2D eigenvalue weighted by Gasteiger charge is -2.30. The van der Waals surface area contributed by atoms with Gasteiger partial charge in [-0.15, -0.1) is 0 Å². The summed E-state index contributed by atoms with van der Waals surface area (Å²) in [6.07, 6.45) is 0. The Morgan fingerprint density at radius 3 is 1.13 bits per heavy atom. The highest BCUT2D eigenvalue weighted by molar-refractivity contribution is 6.29. The highest BCUT2D eigenvalue weighted by atomic mass is 16.3. The third kappa shape index (κ3) is 6.05. The minimum atomic E-state index is -0.206. The van der Waals surface area contributed by atoms with E-state index in [1.54, 1.807) is 0 Å². The number of fused-ring (bicyclic) bond motifs is 16. The quantitative estimate of drug-likeness (QED) is 0.155. The minimum absolute atomic E-state index is 0.206. The number of furan rings is 2. The van der Waals surface area contributed by atoms with Crippen LogP contribution in [-0.2, 0) is 10.8 Å². The number of rotatable bonds is 6. The first-order chi connectivity index (χ1) is 40.2. The van der Waals surface area contributed by atoms with Crippen LogP contribution in [0.1, 0.15) is 49.9 Å². The molecule has 2 heterocycles. The van der Waals surface area contributed by atoms with Crippen molar-refractivity contribution in [2.45, 2.75) is 38.5 Å². The lowest BCUT2D eigenvalue weighted by atomic mass is 9.82. The van der Waals surface area contributed by atoms with Gasteiger partial charge in [-0.05, 0) is 148 Å². The van der Waals surface area contributed by atoms with Crippen molar-refractivity contribution >= 4 is 132 Å². The molecule has 4 heteroatoms. The first-order valence-corrected chi connectivity index (χ1v) is 28.6. The van der Waals surface area contributed by atoms with Gasteiger partial charge < -0.3 is 18.6 Å². The molecule has 14 aromatic carbocycles. The minimum Gasteiger partial charge on any atom is -0.454 e. The molecule has 0 bridgehead atoms. The average Bonchev–Trinajstić information content (AvgIpc) is 2.95. The fourth-order valence-electron chi connectivity index (χ4n) is 15.1. The van der Waals surface area contributed by atoms with E-state index in [9.17, 15) is 0 Å². The maximum atomic E-state index is 7.13. The molecule has 0 radical (unpaired) electrons. The van der Waals surface area contributed by atoms with Crippen molar-refractivity contribution in [2.24, 2.45) is 0 Å². The van der Waals surface area contributed by atoms with Crippen molar-refractivity contribution < 1.29 is 8.83 Å². The molecule has 2 aliphatic rings. The third-order valence-electron chi connectivity index (χ3n) is 19.0. The summed E-state index contributed by atoms with van der Waals surface area (Å²) in [4.78, 5) is 4.95. The van der Waals surface area contributed by atoms with E-state index < -0.39 is 0 Å². The van der Waals surface area contributed by atoms with Crippen LogP contribution in [0, 0.1) is 0 Å². The normalized spacial score (nSPS) is 14.0. The zero-order valence-electron chi connectivity index (χ0n) is 45.8. The van der Waals surface area contributed by atoms with Crippen LogP contribution in [0.15, 0.2) is 251 Å². The summed E-state index contributed by atoms with van der Waals surface area (Å²) >= 11 is 0. The molecule has 2 aliphatic carbocycles. The van der Waals surface area contributed by atoms with Gasteiger partial charge in [0.05, 0.1) is 22.7 Å². The predicted octanol–water partition coefficient (Wildman–Crippen LogP) is 22.2. The van der Waals surface area contributed by atoms with Gasteiger partial charge in [0.2, 0.25) is 0 Å². The van der Waals surface area contributed by atoms with Gasteiger partial charge in [-0.2, -0.15) is 0 Å². The van der Waals surface area contributed by atoms with Gasteiger partial charge >= 0.3 is 0 Å². The molecule has 0 fully saturated rings. The van der Waals surface area contributed by atoms with E-state index in [1.807, 2.05) is 0 Å². The summed E-state index contributed by atoms with van der Waals surface area (Å²) in [5.74, 6) is 0. The van der Waals surface area contributed by atoms with Crippen LogP contribution in [0.3, 0.4) is 0 Å². The van der Waals surface area contributed by atoms with Crippen molar-refractivity contribution in [2.75, 3.05) is 9.80 Å². The monoisotopic (exact) mass is 1050 g/mol. The Morgan fingerprint density at radius 1 is 0.268 bits per heavy atom. The molecule has 4 nitrogen and oxygen atoms in total. The first-order valence-electron chi connectivity index (χ1n) is 28.6. The predicted molar refractivity (Wildman–Crippen MR) is 344 cm³/mol.